The number of benzene rings is 2. The lowest BCUT2D eigenvalue weighted by Gasteiger charge is -2.15. The molecule has 2 aromatic carbocycles. The summed E-state index contributed by atoms with van der Waals surface area (Å²) in [6.45, 7) is 1.98. The fourth-order valence-corrected chi connectivity index (χ4v) is 2.74. The number of nitro benzene ring substituents is 1. The molecule has 1 N–H and O–H groups in total. The Balaban J connectivity index is 2.15. The molecular formula is C19H17N5O2. The second kappa shape index (κ2) is 6.69. The first-order valence-corrected chi connectivity index (χ1v) is 7.93. The van der Waals surface area contributed by atoms with E-state index in [2.05, 4.69) is 16.0 Å². The maximum absolute atomic E-state index is 11.1. The molecule has 0 amide bonds. The highest BCUT2D eigenvalue weighted by Gasteiger charge is 2.14. The van der Waals surface area contributed by atoms with Crippen molar-refractivity contribution in [2.75, 3.05) is 19.0 Å². The van der Waals surface area contributed by atoms with Crippen molar-refractivity contribution in [1.82, 2.24) is 9.97 Å². The molecule has 7 heteroatoms. The van der Waals surface area contributed by atoms with Crippen molar-refractivity contribution < 1.29 is 4.92 Å². The summed E-state index contributed by atoms with van der Waals surface area (Å²) >= 11 is 0. The first-order chi connectivity index (χ1) is 12.4. The second-order valence-corrected chi connectivity index (χ2v) is 6.17. The zero-order chi connectivity index (χ0) is 18.8. The summed E-state index contributed by atoms with van der Waals surface area (Å²) in [5, 5.41) is 20.7. The van der Waals surface area contributed by atoms with Gasteiger partial charge in [-0.2, -0.15) is 5.26 Å². The fourth-order valence-electron chi connectivity index (χ4n) is 2.74. The maximum atomic E-state index is 11.1. The molecule has 0 atom stereocenters. The number of nitrogens with one attached hydrogen (secondary N) is 1. The van der Waals surface area contributed by atoms with Crippen LogP contribution in [0, 0.1) is 28.4 Å². The van der Waals surface area contributed by atoms with E-state index in [1.165, 1.54) is 12.1 Å². The van der Waals surface area contributed by atoms with Gasteiger partial charge in [-0.05, 0) is 36.8 Å². The summed E-state index contributed by atoms with van der Waals surface area (Å²) in [4.78, 5) is 20.1. The number of hydrogen-bond acceptors (Lipinski definition) is 5. The summed E-state index contributed by atoms with van der Waals surface area (Å²) < 4.78 is 0. The molecule has 0 fully saturated rings. The number of aromatic nitrogens is 2. The zero-order valence-corrected chi connectivity index (χ0v) is 14.6. The summed E-state index contributed by atoms with van der Waals surface area (Å²) in [5.74, 6) is 0.435. The van der Waals surface area contributed by atoms with E-state index < -0.39 is 4.92 Å². The van der Waals surface area contributed by atoms with Crippen molar-refractivity contribution >= 4 is 34.1 Å². The normalized spacial score (nSPS) is 11.4. The number of non-ortho nitro benzene ring substituents is 1. The van der Waals surface area contributed by atoms with Crippen LogP contribution in [0.5, 0.6) is 0 Å². The topological polar surface area (TPSA) is 98.8 Å². The second-order valence-electron chi connectivity index (χ2n) is 6.17. The van der Waals surface area contributed by atoms with Gasteiger partial charge in [0.25, 0.3) is 5.69 Å². The number of aryl methyl sites for hydroxylation is 1. The van der Waals surface area contributed by atoms with Crippen molar-refractivity contribution in [2.45, 2.75) is 6.92 Å². The number of hydrogen-bond donors (Lipinski definition) is 1. The first-order valence-electron chi connectivity index (χ1n) is 7.93. The lowest BCUT2D eigenvalue weighted by Crippen LogP contribution is -2.10. The third kappa shape index (κ3) is 3.26. The average Bonchev–Trinajstić information content (AvgIpc) is 3.01. The highest BCUT2D eigenvalue weighted by atomic mass is 16.6. The smallest absolute Gasteiger partial charge is 0.270 e. The summed E-state index contributed by atoms with van der Waals surface area (Å²) in [7, 11) is 3.68. The van der Waals surface area contributed by atoms with Crippen molar-refractivity contribution in [3.05, 3.63) is 63.5 Å². The van der Waals surface area contributed by atoms with Crippen molar-refractivity contribution in [1.29, 1.82) is 5.26 Å². The van der Waals surface area contributed by atoms with Crippen LogP contribution >= 0.6 is 0 Å². The van der Waals surface area contributed by atoms with E-state index in [-0.39, 0.29) is 5.69 Å². The molecule has 130 valence electrons. The number of imidazole rings is 1. The monoisotopic (exact) mass is 347 g/mol. The molecule has 0 spiro atoms. The molecule has 3 aromatic rings. The van der Waals surface area contributed by atoms with Gasteiger partial charge in [-0.1, -0.05) is 6.07 Å². The van der Waals surface area contributed by atoms with Crippen LogP contribution in [0.25, 0.3) is 22.7 Å². The van der Waals surface area contributed by atoms with Gasteiger partial charge < -0.3 is 9.88 Å². The predicted molar refractivity (Wildman–Crippen MR) is 102 cm³/mol. The number of fused-ring (bicyclic) bond motifs is 1. The largest absolute Gasteiger partial charge is 0.377 e. The molecule has 0 saturated heterocycles. The van der Waals surface area contributed by atoms with E-state index in [1.54, 1.807) is 12.1 Å². The zero-order valence-electron chi connectivity index (χ0n) is 14.6. The molecule has 0 aliphatic heterocycles. The minimum atomic E-state index is -0.452. The number of nitrogens with zero attached hydrogens (tertiary/aromatic N) is 4. The molecule has 1 aromatic heterocycles. The summed E-state index contributed by atoms with van der Waals surface area (Å²) in [6.07, 6.45) is 1.62. The predicted octanol–water partition coefficient (Wildman–Crippen LogP) is 3.91. The van der Waals surface area contributed by atoms with Crippen LogP contribution in [0.2, 0.25) is 0 Å². The van der Waals surface area contributed by atoms with E-state index in [0.717, 1.165) is 22.3 Å². The number of aromatic amines is 1. The Morgan fingerprint density at radius 2 is 2.08 bits per heavy atom. The van der Waals surface area contributed by atoms with Gasteiger partial charge in [0.15, 0.2) is 0 Å². The Bertz CT molecular complexity index is 1070. The van der Waals surface area contributed by atoms with Gasteiger partial charge in [0.05, 0.1) is 21.5 Å². The van der Waals surface area contributed by atoms with E-state index in [1.807, 2.05) is 44.1 Å². The highest BCUT2D eigenvalue weighted by molar-refractivity contribution is 5.92. The molecule has 3 rings (SSSR count). The molecule has 0 bridgehead atoms. The van der Waals surface area contributed by atoms with Gasteiger partial charge in [0.1, 0.15) is 11.9 Å². The minimum absolute atomic E-state index is 0.0284. The first kappa shape index (κ1) is 17.2. The Kier molecular flexibility index (Phi) is 4.42. The van der Waals surface area contributed by atoms with Crippen molar-refractivity contribution in [2.24, 2.45) is 0 Å². The number of nitro groups is 1. The molecule has 0 unspecified atom stereocenters. The number of allylic oxidation sites excluding steroid dienone is 1. The highest BCUT2D eigenvalue weighted by Crippen LogP contribution is 2.28. The van der Waals surface area contributed by atoms with Crippen LogP contribution < -0.4 is 4.90 Å². The molecule has 7 nitrogen and oxygen atoms in total. The SMILES string of the molecule is Cc1ccc2nc(/C(C#N)=C/c3cc([N+](=O)[O-])ccc3N(C)C)[nH]c2c1. The Morgan fingerprint density at radius 1 is 1.31 bits per heavy atom. The molecule has 26 heavy (non-hydrogen) atoms. The van der Waals surface area contributed by atoms with Gasteiger partial charge in [-0.15, -0.1) is 0 Å². The number of H-pyrrole nitrogens is 1. The molecule has 0 aliphatic rings. The Hall–Kier alpha value is -3.66. The van der Waals surface area contributed by atoms with E-state index in [4.69, 9.17) is 0 Å². The number of nitriles is 1. The van der Waals surface area contributed by atoms with Crippen LogP contribution in [-0.2, 0) is 0 Å². The van der Waals surface area contributed by atoms with E-state index in [9.17, 15) is 15.4 Å². The third-order valence-electron chi connectivity index (χ3n) is 4.02. The standard InChI is InChI=1S/C19H17N5O2/c1-12-4-6-16-17(8-12)22-19(21-16)14(11-20)9-13-10-15(24(25)26)5-7-18(13)23(2)3/h4-10H,1-3H3,(H,21,22)/b14-9+. The van der Waals surface area contributed by atoms with Gasteiger partial charge >= 0.3 is 0 Å². The maximum Gasteiger partial charge on any atom is 0.270 e. The van der Waals surface area contributed by atoms with Crippen molar-refractivity contribution in [3.63, 3.8) is 0 Å². The fraction of sp³-hybridized carbons (Fsp3) is 0.158. The molecule has 1 heterocycles. The molecule has 0 aliphatic carbocycles. The molecule has 0 saturated carbocycles. The van der Waals surface area contributed by atoms with E-state index >= 15 is 0 Å². The van der Waals surface area contributed by atoms with Gasteiger partial charge in [0.2, 0.25) is 0 Å². The van der Waals surface area contributed by atoms with E-state index in [0.29, 0.717) is 17.0 Å². The lowest BCUT2D eigenvalue weighted by molar-refractivity contribution is -0.384. The van der Waals surface area contributed by atoms with Gasteiger partial charge in [-0.25, -0.2) is 4.98 Å². The molecule has 0 radical (unpaired) electrons. The Morgan fingerprint density at radius 3 is 2.73 bits per heavy atom. The van der Waals surface area contributed by atoms with Crippen LogP contribution in [0.15, 0.2) is 36.4 Å². The number of rotatable bonds is 4. The van der Waals surface area contributed by atoms with Crippen LogP contribution in [0.3, 0.4) is 0 Å². The van der Waals surface area contributed by atoms with Crippen molar-refractivity contribution in [3.8, 4) is 6.07 Å². The third-order valence-corrected chi connectivity index (χ3v) is 4.02. The van der Waals surface area contributed by atoms with Gasteiger partial charge in [-0.3, -0.25) is 10.1 Å². The minimum Gasteiger partial charge on any atom is -0.377 e. The van der Waals surface area contributed by atoms with Crippen LogP contribution in [0.4, 0.5) is 11.4 Å². The quantitative estimate of drug-likeness (QED) is 0.438. The number of anilines is 1. The average molecular weight is 347 g/mol. The van der Waals surface area contributed by atoms with Crippen LogP contribution in [0.1, 0.15) is 17.0 Å². The Labute approximate surface area is 150 Å². The lowest BCUT2D eigenvalue weighted by atomic mass is 10.1. The summed E-state index contributed by atoms with van der Waals surface area (Å²) in [5.41, 5.74) is 4.32. The van der Waals surface area contributed by atoms with Gasteiger partial charge in [0, 0.05) is 37.5 Å². The molecular weight excluding hydrogens is 330 g/mol. The van der Waals surface area contributed by atoms with Crippen LogP contribution in [-0.4, -0.2) is 29.0 Å². The summed E-state index contributed by atoms with van der Waals surface area (Å²) in [6, 6.07) is 12.5.